The van der Waals surface area contributed by atoms with Crippen LogP contribution in [-0.4, -0.2) is 29.4 Å². The fourth-order valence-electron chi connectivity index (χ4n) is 2.41. The highest BCUT2D eigenvalue weighted by Crippen LogP contribution is 2.18. The predicted molar refractivity (Wildman–Crippen MR) is 83.5 cm³/mol. The summed E-state index contributed by atoms with van der Waals surface area (Å²) in [6, 6.07) is 0. The summed E-state index contributed by atoms with van der Waals surface area (Å²) in [5, 5.41) is 8.54. The Balaban J connectivity index is 3.87. The molecule has 0 amide bonds. The molecule has 2 N–H and O–H groups in total. The molecule has 2 atom stereocenters. The average Bonchev–Trinajstić information content (AvgIpc) is 2.33. The van der Waals surface area contributed by atoms with Gasteiger partial charge in [0.25, 0.3) is 10.1 Å². The first kappa shape index (κ1) is 19.9. The van der Waals surface area contributed by atoms with Crippen LogP contribution in [0.2, 0.25) is 0 Å². The van der Waals surface area contributed by atoms with Crippen LogP contribution in [0.4, 0.5) is 0 Å². The Kier molecular flexibility index (Phi) is 11.4. The molecule has 5 heteroatoms. The van der Waals surface area contributed by atoms with E-state index in [9.17, 15) is 13.0 Å². The number of rotatable bonds is 13. The van der Waals surface area contributed by atoms with Crippen molar-refractivity contribution in [2.75, 3.05) is 0 Å². The van der Waals surface area contributed by atoms with Crippen LogP contribution < -0.4 is 0 Å². The fraction of sp³-hybridized carbons (Fsp3) is 1.00. The van der Waals surface area contributed by atoms with Gasteiger partial charge in [0.05, 0.1) is 11.4 Å². The Hall–Kier alpha value is -0.130. The molecular formula is C15H32O4S. The van der Waals surface area contributed by atoms with Gasteiger partial charge in [-0.05, 0) is 26.2 Å². The molecule has 0 saturated heterocycles. The molecule has 0 rings (SSSR count). The summed E-state index contributed by atoms with van der Waals surface area (Å²) in [4.78, 5) is 0. The Labute approximate surface area is 124 Å². The van der Waals surface area contributed by atoms with Gasteiger partial charge in [0.15, 0.2) is 0 Å². The van der Waals surface area contributed by atoms with Gasteiger partial charge in [0.1, 0.15) is 0 Å². The van der Waals surface area contributed by atoms with Crippen molar-refractivity contribution in [3.8, 4) is 0 Å². The first-order valence-electron chi connectivity index (χ1n) is 8.02. The molecule has 20 heavy (non-hydrogen) atoms. The lowest BCUT2D eigenvalue weighted by molar-refractivity contribution is 0.180. The minimum absolute atomic E-state index is 0.286. The maximum Gasteiger partial charge on any atom is 0.267 e. The van der Waals surface area contributed by atoms with E-state index in [1.807, 2.05) is 0 Å². The molecule has 0 aliphatic rings. The van der Waals surface area contributed by atoms with E-state index in [0.29, 0.717) is 12.8 Å². The molecule has 0 saturated carbocycles. The van der Waals surface area contributed by atoms with E-state index in [0.717, 1.165) is 44.9 Å². The molecule has 0 bridgehead atoms. The zero-order valence-corrected chi connectivity index (χ0v) is 13.9. The van der Waals surface area contributed by atoms with Gasteiger partial charge in [-0.1, -0.05) is 58.3 Å². The third-order valence-electron chi connectivity index (χ3n) is 3.70. The van der Waals surface area contributed by atoms with Crippen LogP contribution in [0.25, 0.3) is 0 Å². The number of hydrogen-bond donors (Lipinski definition) is 2. The summed E-state index contributed by atoms with van der Waals surface area (Å²) >= 11 is 0. The molecule has 0 aromatic rings. The molecule has 0 aromatic carbocycles. The number of hydrogen-bond acceptors (Lipinski definition) is 3. The van der Waals surface area contributed by atoms with Gasteiger partial charge in [-0.15, -0.1) is 0 Å². The molecular weight excluding hydrogens is 276 g/mol. The summed E-state index contributed by atoms with van der Waals surface area (Å²) < 4.78 is 31.9. The molecule has 0 fully saturated rings. The molecule has 4 nitrogen and oxygen atoms in total. The SMILES string of the molecule is CCCCCCCC(CCCCCC(C)O)S(=O)(=O)O. The van der Waals surface area contributed by atoms with Gasteiger partial charge in [-0.25, -0.2) is 0 Å². The van der Waals surface area contributed by atoms with Gasteiger partial charge in [-0.3, -0.25) is 4.55 Å². The van der Waals surface area contributed by atoms with Crippen LogP contribution >= 0.6 is 0 Å². The summed E-state index contributed by atoms with van der Waals surface area (Å²) in [5.41, 5.74) is 0. The smallest absolute Gasteiger partial charge is 0.267 e. The van der Waals surface area contributed by atoms with Crippen molar-refractivity contribution >= 4 is 10.1 Å². The van der Waals surface area contributed by atoms with E-state index in [1.54, 1.807) is 6.92 Å². The van der Waals surface area contributed by atoms with Gasteiger partial charge >= 0.3 is 0 Å². The van der Waals surface area contributed by atoms with Crippen molar-refractivity contribution in [2.24, 2.45) is 0 Å². The fourth-order valence-corrected chi connectivity index (χ4v) is 3.34. The van der Waals surface area contributed by atoms with Crippen molar-refractivity contribution in [3.63, 3.8) is 0 Å². The minimum atomic E-state index is -3.91. The third kappa shape index (κ3) is 11.7. The molecule has 0 radical (unpaired) electrons. The normalized spacial score (nSPS) is 15.2. The van der Waals surface area contributed by atoms with Crippen LogP contribution in [0, 0.1) is 0 Å². The van der Waals surface area contributed by atoms with Crippen molar-refractivity contribution in [3.05, 3.63) is 0 Å². The highest BCUT2D eigenvalue weighted by atomic mass is 32.2. The van der Waals surface area contributed by atoms with Crippen LogP contribution in [-0.2, 0) is 10.1 Å². The summed E-state index contributed by atoms with van der Waals surface area (Å²) in [7, 11) is -3.91. The summed E-state index contributed by atoms with van der Waals surface area (Å²) in [6.45, 7) is 3.91. The van der Waals surface area contributed by atoms with E-state index in [4.69, 9.17) is 5.11 Å². The van der Waals surface area contributed by atoms with E-state index < -0.39 is 15.4 Å². The Morgan fingerprint density at radius 3 is 1.75 bits per heavy atom. The van der Waals surface area contributed by atoms with Gasteiger partial charge in [-0.2, -0.15) is 8.42 Å². The van der Waals surface area contributed by atoms with Crippen molar-refractivity contribution in [2.45, 2.75) is 95.8 Å². The van der Waals surface area contributed by atoms with Crippen molar-refractivity contribution in [1.82, 2.24) is 0 Å². The molecule has 122 valence electrons. The molecule has 0 aliphatic heterocycles. The van der Waals surface area contributed by atoms with Crippen LogP contribution in [0.1, 0.15) is 84.5 Å². The maximum atomic E-state index is 11.3. The lowest BCUT2D eigenvalue weighted by Gasteiger charge is -2.13. The monoisotopic (exact) mass is 308 g/mol. The molecule has 2 unspecified atom stereocenters. The highest BCUT2D eigenvalue weighted by molar-refractivity contribution is 7.86. The summed E-state index contributed by atoms with van der Waals surface area (Å²) in [5.74, 6) is 0. The zero-order valence-electron chi connectivity index (χ0n) is 13.1. The standard InChI is InChI=1S/C15H32O4S/c1-3-4-5-6-9-12-15(20(17,18)19)13-10-7-8-11-14(2)16/h14-16H,3-13H2,1-2H3,(H,17,18,19). The lowest BCUT2D eigenvalue weighted by atomic mass is 10.0. The van der Waals surface area contributed by atoms with E-state index in [1.165, 1.54) is 12.8 Å². The number of unbranched alkanes of at least 4 members (excludes halogenated alkanes) is 6. The third-order valence-corrected chi connectivity index (χ3v) is 5.01. The quantitative estimate of drug-likeness (QED) is 0.399. The molecule has 0 aliphatic carbocycles. The van der Waals surface area contributed by atoms with Crippen LogP contribution in [0.5, 0.6) is 0 Å². The topological polar surface area (TPSA) is 74.6 Å². The second kappa shape index (κ2) is 11.5. The second-order valence-corrected chi connectivity index (χ2v) is 7.52. The second-order valence-electron chi connectivity index (χ2n) is 5.83. The van der Waals surface area contributed by atoms with Crippen molar-refractivity contribution < 1.29 is 18.1 Å². The van der Waals surface area contributed by atoms with Crippen LogP contribution in [0.3, 0.4) is 0 Å². The molecule has 0 spiro atoms. The van der Waals surface area contributed by atoms with E-state index >= 15 is 0 Å². The Bertz CT molecular complexity index is 312. The van der Waals surface area contributed by atoms with Gasteiger partial charge < -0.3 is 5.11 Å². The first-order valence-corrected chi connectivity index (χ1v) is 9.52. The Morgan fingerprint density at radius 2 is 1.30 bits per heavy atom. The first-order chi connectivity index (χ1) is 9.38. The predicted octanol–water partition coefficient (Wildman–Crippen LogP) is 3.93. The zero-order chi connectivity index (χ0) is 15.4. The maximum absolute atomic E-state index is 11.3. The van der Waals surface area contributed by atoms with Gasteiger partial charge in [0.2, 0.25) is 0 Å². The summed E-state index contributed by atoms with van der Waals surface area (Å²) in [6.07, 6.45) is 9.61. The lowest BCUT2D eigenvalue weighted by Crippen LogP contribution is -2.20. The van der Waals surface area contributed by atoms with Gasteiger partial charge in [0, 0.05) is 0 Å². The van der Waals surface area contributed by atoms with E-state index in [2.05, 4.69) is 6.92 Å². The van der Waals surface area contributed by atoms with Crippen molar-refractivity contribution in [1.29, 1.82) is 0 Å². The minimum Gasteiger partial charge on any atom is -0.393 e. The average molecular weight is 308 g/mol. The van der Waals surface area contributed by atoms with E-state index in [-0.39, 0.29) is 6.10 Å². The van der Waals surface area contributed by atoms with Crippen LogP contribution in [0.15, 0.2) is 0 Å². The Morgan fingerprint density at radius 1 is 0.850 bits per heavy atom. The number of aliphatic hydroxyl groups is 1. The highest BCUT2D eigenvalue weighted by Gasteiger charge is 2.21. The number of aliphatic hydroxyl groups excluding tert-OH is 1. The molecule has 0 heterocycles. The largest absolute Gasteiger partial charge is 0.393 e. The molecule has 0 aromatic heterocycles.